The van der Waals surface area contributed by atoms with Gasteiger partial charge >= 0.3 is 12.1 Å². The van der Waals surface area contributed by atoms with E-state index in [0.29, 0.717) is 37.4 Å². The molecule has 3 rings (SSSR count). The van der Waals surface area contributed by atoms with Crippen LogP contribution in [0.4, 0.5) is 13.2 Å². The summed E-state index contributed by atoms with van der Waals surface area (Å²) in [4.78, 5) is 11.5. The van der Waals surface area contributed by atoms with Crippen molar-refractivity contribution < 1.29 is 27.4 Å². The van der Waals surface area contributed by atoms with Crippen LogP contribution in [-0.4, -0.2) is 12.6 Å². The first-order valence-corrected chi connectivity index (χ1v) is 10.4. The molecule has 0 saturated carbocycles. The maximum Gasteiger partial charge on any atom is 0.416 e. The molecule has 0 heterocycles. The van der Waals surface area contributed by atoms with Crippen molar-refractivity contribution in [2.24, 2.45) is 0 Å². The molecule has 0 aliphatic carbocycles. The van der Waals surface area contributed by atoms with Crippen molar-refractivity contribution in [3.63, 3.8) is 0 Å². The SMILES string of the molecule is CCOC(=O)CCc1ccc(OCc2cccc(-c3ccc(C(F)(F)F)cc3)c2)cc1C. The third-order valence-electron chi connectivity index (χ3n) is 5.10. The van der Waals surface area contributed by atoms with Crippen LogP contribution in [0.3, 0.4) is 0 Å². The number of benzene rings is 3. The number of ether oxygens (including phenoxy) is 2. The molecule has 0 atom stereocenters. The average molecular weight is 442 g/mol. The number of hydrogen-bond donors (Lipinski definition) is 0. The number of esters is 1. The number of alkyl halides is 3. The largest absolute Gasteiger partial charge is 0.489 e. The molecule has 0 aliphatic heterocycles. The summed E-state index contributed by atoms with van der Waals surface area (Å²) in [7, 11) is 0. The lowest BCUT2D eigenvalue weighted by atomic mass is 10.0. The maximum absolute atomic E-state index is 12.8. The highest BCUT2D eigenvalue weighted by molar-refractivity contribution is 5.69. The van der Waals surface area contributed by atoms with E-state index >= 15 is 0 Å². The van der Waals surface area contributed by atoms with Crippen molar-refractivity contribution in [1.82, 2.24) is 0 Å². The van der Waals surface area contributed by atoms with E-state index in [1.807, 2.05) is 49.4 Å². The number of carbonyl (C=O) groups is 1. The summed E-state index contributed by atoms with van der Waals surface area (Å²) >= 11 is 0. The van der Waals surface area contributed by atoms with Gasteiger partial charge in [-0.05, 0) is 78.4 Å². The molecule has 0 unspecified atom stereocenters. The number of hydrogen-bond acceptors (Lipinski definition) is 3. The monoisotopic (exact) mass is 442 g/mol. The lowest BCUT2D eigenvalue weighted by Crippen LogP contribution is -2.06. The first-order chi connectivity index (χ1) is 15.3. The Kier molecular flexibility index (Phi) is 7.57. The van der Waals surface area contributed by atoms with Crippen LogP contribution in [0.15, 0.2) is 66.7 Å². The normalized spacial score (nSPS) is 11.3. The second-order valence-electron chi connectivity index (χ2n) is 7.46. The first kappa shape index (κ1) is 23.4. The highest BCUT2D eigenvalue weighted by atomic mass is 19.4. The molecule has 0 aliphatic rings. The van der Waals surface area contributed by atoms with Gasteiger partial charge in [-0.15, -0.1) is 0 Å². The fraction of sp³-hybridized carbons (Fsp3) is 0.269. The molecular weight excluding hydrogens is 417 g/mol. The minimum atomic E-state index is -4.35. The fourth-order valence-electron chi connectivity index (χ4n) is 3.37. The van der Waals surface area contributed by atoms with Gasteiger partial charge in [0.15, 0.2) is 0 Å². The summed E-state index contributed by atoms with van der Waals surface area (Å²) in [5.41, 5.74) is 3.88. The van der Waals surface area contributed by atoms with Crippen molar-refractivity contribution >= 4 is 5.97 Å². The van der Waals surface area contributed by atoms with Gasteiger partial charge in [-0.25, -0.2) is 0 Å². The Morgan fingerprint density at radius 2 is 1.69 bits per heavy atom. The van der Waals surface area contributed by atoms with Crippen LogP contribution in [0, 0.1) is 6.92 Å². The molecule has 3 aromatic carbocycles. The number of carbonyl (C=O) groups excluding carboxylic acids is 1. The van der Waals surface area contributed by atoms with E-state index in [1.165, 1.54) is 12.1 Å². The van der Waals surface area contributed by atoms with Crippen LogP contribution >= 0.6 is 0 Å². The molecule has 0 saturated heterocycles. The van der Waals surface area contributed by atoms with Gasteiger partial charge in [0.2, 0.25) is 0 Å². The van der Waals surface area contributed by atoms with Gasteiger partial charge in [-0.2, -0.15) is 13.2 Å². The predicted molar refractivity (Wildman–Crippen MR) is 117 cm³/mol. The van der Waals surface area contributed by atoms with E-state index in [-0.39, 0.29) is 5.97 Å². The summed E-state index contributed by atoms with van der Waals surface area (Å²) in [6.07, 6.45) is -3.40. The van der Waals surface area contributed by atoms with Gasteiger partial charge < -0.3 is 9.47 Å². The number of rotatable bonds is 8. The zero-order valence-corrected chi connectivity index (χ0v) is 18.0. The highest BCUT2D eigenvalue weighted by Gasteiger charge is 2.29. The number of aryl methyl sites for hydroxylation is 2. The van der Waals surface area contributed by atoms with Crippen LogP contribution < -0.4 is 4.74 Å². The Bertz CT molecular complexity index is 1060. The van der Waals surface area contributed by atoms with Crippen LogP contribution in [0.1, 0.15) is 35.6 Å². The van der Waals surface area contributed by atoms with Crippen molar-refractivity contribution in [3.05, 3.63) is 89.0 Å². The van der Waals surface area contributed by atoms with Gasteiger partial charge in [0.05, 0.1) is 12.2 Å². The van der Waals surface area contributed by atoms with E-state index in [9.17, 15) is 18.0 Å². The van der Waals surface area contributed by atoms with Crippen LogP contribution in [0.2, 0.25) is 0 Å². The van der Waals surface area contributed by atoms with Crippen molar-refractivity contribution in [2.45, 2.75) is 39.5 Å². The summed E-state index contributed by atoms with van der Waals surface area (Å²) in [5, 5.41) is 0. The molecule has 0 amide bonds. The van der Waals surface area contributed by atoms with E-state index in [4.69, 9.17) is 9.47 Å². The first-order valence-electron chi connectivity index (χ1n) is 10.4. The Morgan fingerprint density at radius 3 is 2.34 bits per heavy atom. The zero-order chi connectivity index (χ0) is 23.1. The van der Waals surface area contributed by atoms with E-state index < -0.39 is 11.7 Å². The standard InChI is InChI=1S/C26H25F3O3/c1-3-31-25(30)14-10-20-9-13-24(15-18(20)2)32-17-19-5-4-6-22(16-19)21-7-11-23(12-8-21)26(27,28)29/h4-9,11-13,15-16H,3,10,14,17H2,1-2H3. The molecule has 0 N–H and O–H groups in total. The second kappa shape index (κ2) is 10.4. The summed E-state index contributed by atoms with van der Waals surface area (Å²) in [5.74, 6) is 0.502. The van der Waals surface area contributed by atoms with Gasteiger partial charge in [0.1, 0.15) is 12.4 Å². The van der Waals surface area contributed by atoms with Crippen molar-refractivity contribution in [3.8, 4) is 16.9 Å². The highest BCUT2D eigenvalue weighted by Crippen LogP contribution is 2.31. The van der Waals surface area contributed by atoms with Gasteiger partial charge in [0.25, 0.3) is 0 Å². The third-order valence-corrected chi connectivity index (χ3v) is 5.10. The lowest BCUT2D eigenvalue weighted by Gasteiger charge is -2.12. The minimum absolute atomic E-state index is 0.208. The van der Waals surface area contributed by atoms with Crippen LogP contribution in [0.5, 0.6) is 5.75 Å². The van der Waals surface area contributed by atoms with E-state index in [0.717, 1.165) is 34.4 Å². The van der Waals surface area contributed by atoms with Gasteiger partial charge in [-0.3, -0.25) is 4.79 Å². The molecule has 0 fully saturated rings. The average Bonchev–Trinajstić information content (AvgIpc) is 2.77. The molecule has 168 valence electrons. The Labute approximate surface area is 185 Å². The van der Waals surface area contributed by atoms with Gasteiger partial charge in [-0.1, -0.05) is 36.4 Å². The molecule has 0 bridgehead atoms. The summed E-state index contributed by atoms with van der Waals surface area (Å²) in [6.45, 7) is 4.47. The predicted octanol–water partition coefficient (Wildman–Crippen LogP) is 6.76. The Balaban J connectivity index is 1.63. The molecule has 3 aromatic rings. The molecule has 0 radical (unpaired) electrons. The maximum atomic E-state index is 12.8. The lowest BCUT2D eigenvalue weighted by molar-refractivity contribution is -0.143. The third kappa shape index (κ3) is 6.36. The van der Waals surface area contributed by atoms with E-state index in [1.54, 1.807) is 6.92 Å². The zero-order valence-electron chi connectivity index (χ0n) is 18.0. The molecule has 0 spiro atoms. The van der Waals surface area contributed by atoms with E-state index in [2.05, 4.69) is 0 Å². The molecule has 6 heteroatoms. The quantitative estimate of drug-likeness (QED) is 0.362. The second-order valence-corrected chi connectivity index (χ2v) is 7.46. The molecule has 3 nitrogen and oxygen atoms in total. The Morgan fingerprint density at radius 1 is 0.938 bits per heavy atom. The number of halogens is 3. The molecule has 0 aromatic heterocycles. The van der Waals surface area contributed by atoms with Crippen molar-refractivity contribution in [1.29, 1.82) is 0 Å². The van der Waals surface area contributed by atoms with Gasteiger partial charge in [0, 0.05) is 6.42 Å². The smallest absolute Gasteiger partial charge is 0.416 e. The van der Waals surface area contributed by atoms with Crippen LogP contribution in [-0.2, 0) is 28.7 Å². The topological polar surface area (TPSA) is 35.5 Å². The Hall–Kier alpha value is -3.28. The molecule has 32 heavy (non-hydrogen) atoms. The fourth-order valence-corrected chi connectivity index (χ4v) is 3.37. The summed E-state index contributed by atoms with van der Waals surface area (Å²) < 4.78 is 49.2. The molecular formula is C26H25F3O3. The summed E-state index contributed by atoms with van der Waals surface area (Å²) in [6, 6.07) is 18.4. The minimum Gasteiger partial charge on any atom is -0.489 e. The van der Waals surface area contributed by atoms with Crippen molar-refractivity contribution in [2.75, 3.05) is 6.61 Å². The van der Waals surface area contributed by atoms with Crippen LogP contribution in [0.25, 0.3) is 11.1 Å².